The fourth-order valence-electron chi connectivity index (χ4n) is 1.86. The minimum absolute atomic E-state index is 0.265. The zero-order valence-electron chi connectivity index (χ0n) is 12.8. The summed E-state index contributed by atoms with van der Waals surface area (Å²) in [6.45, 7) is 1.23. The molecule has 1 heterocycles. The molecule has 1 unspecified atom stereocenters. The third kappa shape index (κ3) is 4.15. The van der Waals surface area contributed by atoms with Gasteiger partial charge in [-0.05, 0) is 19.1 Å². The normalized spacial score (nSPS) is 11.8. The number of halogens is 3. The molecule has 0 saturated carbocycles. The SMILES string of the molecule is CC(COc1c(F)ccc(F)c1Cl)NC(=O)c1[nH]c(=O)[nH]c(=O)c1N. The predicted molar refractivity (Wildman–Crippen MR) is 85.9 cm³/mol. The van der Waals surface area contributed by atoms with Gasteiger partial charge in [-0.1, -0.05) is 11.6 Å². The van der Waals surface area contributed by atoms with Crippen molar-refractivity contribution in [2.24, 2.45) is 0 Å². The van der Waals surface area contributed by atoms with Crippen molar-refractivity contribution >= 4 is 23.2 Å². The van der Waals surface area contributed by atoms with Gasteiger partial charge in [-0.3, -0.25) is 14.6 Å². The third-order valence-corrected chi connectivity index (χ3v) is 3.42. The summed E-state index contributed by atoms with van der Waals surface area (Å²) in [5, 5.41) is 1.86. The minimum atomic E-state index is -0.911. The zero-order valence-corrected chi connectivity index (χ0v) is 13.5. The number of carbonyl (C=O) groups is 1. The first-order valence-corrected chi connectivity index (χ1v) is 7.27. The molecule has 2 rings (SSSR count). The number of hydrogen-bond donors (Lipinski definition) is 4. The summed E-state index contributed by atoms with van der Waals surface area (Å²) in [4.78, 5) is 38.6. The van der Waals surface area contributed by atoms with Crippen LogP contribution in [0.4, 0.5) is 14.5 Å². The van der Waals surface area contributed by atoms with E-state index in [1.165, 1.54) is 6.92 Å². The van der Waals surface area contributed by atoms with Crippen molar-refractivity contribution in [1.82, 2.24) is 15.3 Å². The molecular weight excluding hydrogens is 362 g/mol. The second-order valence-corrected chi connectivity index (χ2v) is 5.43. The molecule has 0 bridgehead atoms. The lowest BCUT2D eigenvalue weighted by atomic mass is 10.3. The number of carbonyl (C=O) groups excluding carboxylic acids is 1. The molecule has 0 spiro atoms. The molecule has 25 heavy (non-hydrogen) atoms. The zero-order chi connectivity index (χ0) is 18.7. The van der Waals surface area contributed by atoms with Crippen LogP contribution in [0.5, 0.6) is 5.75 Å². The average Bonchev–Trinajstić information content (AvgIpc) is 2.54. The Morgan fingerprint density at radius 2 is 1.96 bits per heavy atom. The number of aromatic nitrogens is 2. The Morgan fingerprint density at radius 1 is 1.32 bits per heavy atom. The number of rotatable bonds is 5. The van der Waals surface area contributed by atoms with E-state index in [9.17, 15) is 23.2 Å². The van der Waals surface area contributed by atoms with Crippen LogP contribution in [0.15, 0.2) is 21.7 Å². The first-order chi connectivity index (χ1) is 11.7. The number of amides is 1. The van der Waals surface area contributed by atoms with Gasteiger partial charge in [0.25, 0.3) is 11.5 Å². The van der Waals surface area contributed by atoms with E-state index in [0.717, 1.165) is 12.1 Å². The van der Waals surface area contributed by atoms with Crippen molar-refractivity contribution in [3.63, 3.8) is 0 Å². The van der Waals surface area contributed by atoms with Crippen LogP contribution in [0.1, 0.15) is 17.4 Å². The topological polar surface area (TPSA) is 130 Å². The van der Waals surface area contributed by atoms with Gasteiger partial charge in [-0.2, -0.15) is 0 Å². The van der Waals surface area contributed by atoms with Gasteiger partial charge in [0.15, 0.2) is 11.6 Å². The smallest absolute Gasteiger partial charge is 0.326 e. The number of hydrogen-bond acceptors (Lipinski definition) is 5. The van der Waals surface area contributed by atoms with Crippen molar-refractivity contribution in [2.75, 3.05) is 12.3 Å². The Kier molecular flexibility index (Phi) is 5.42. The molecule has 0 radical (unpaired) electrons. The number of H-pyrrole nitrogens is 2. The average molecular weight is 375 g/mol. The second kappa shape index (κ2) is 7.34. The van der Waals surface area contributed by atoms with E-state index >= 15 is 0 Å². The first kappa shape index (κ1) is 18.5. The Balaban J connectivity index is 2.08. The number of aromatic amines is 2. The van der Waals surface area contributed by atoms with Crippen molar-refractivity contribution in [1.29, 1.82) is 0 Å². The largest absolute Gasteiger partial charge is 0.487 e. The van der Waals surface area contributed by atoms with Crippen LogP contribution in [0.2, 0.25) is 5.02 Å². The number of nitrogen functional groups attached to an aromatic ring is 1. The molecule has 5 N–H and O–H groups in total. The molecule has 134 valence electrons. The highest BCUT2D eigenvalue weighted by Crippen LogP contribution is 2.30. The molecular formula is C14H13ClF2N4O4. The van der Waals surface area contributed by atoms with E-state index in [1.807, 2.05) is 4.98 Å². The third-order valence-electron chi connectivity index (χ3n) is 3.06. The van der Waals surface area contributed by atoms with Crippen molar-refractivity contribution < 1.29 is 18.3 Å². The molecule has 0 aliphatic rings. The maximum Gasteiger partial charge on any atom is 0.326 e. The van der Waals surface area contributed by atoms with Crippen molar-refractivity contribution in [2.45, 2.75) is 13.0 Å². The van der Waals surface area contributed by atoms with Gasteiger partial charge in [0.1, 0.15) is 28.8 Å². The summed E-state index contributed by atoms with van der Waals surface area (Å²) in [6, 6.07) is 0.983. The lowest BCUT2D eigenvalue weighted by Crippen LogP contribution is -2.40. The number of ether oxygens (including phenoxy) is 1. The van der Waals surface area contributed by atoms with E-state index < -0.39 is 57.0 Å². The Hall–Kier alpha value is -2.88. The van der Waals surface area contributed by atoms with Crippen LogP contribution in [-0.4, -0.2) is 28.5 Å². The van der Waals surface area contributed by atoms with Crippen LogP contribution < -0.4 is 27.0 Å². The lowest BCUT2D eigenvalue weighted by molar-refractivity contribution is 0.0921. The van der Waals surface area contributed by atoms with Gasteiger partial charge in [0.05, 0.1) is 6.04 Å². The predicted octanol–water partition coefficient (Wildman–Crippen LogP) is 0.774. The number of nitrogens with two attached hydrogens (primary N) is 1. The maximum atomic E-state index is 13.6. The van der Waals surface area contributed by atoms with Gasteiger partial charge < -0.3 is 20.8 Å². The molecule has 0 aliphatic heterocycles. The number of nitrogens with one attached hydrogen (secondary N) is 3. The van der Waals surface area contributed by atoms with Gasteiger partial charge in [-0.25, -0.2) is 13.6 Å². The van der Waals surface area contributed by atoms with Crippen LogP contribution in [-0.2, 0) is 0 Å². The molecule has 1 amide bonds. The molecule has 0 fully saturated rings. The summed E-state index contributed by atoms with van der Waals surface area (Å²) >= 11 is 5.62. The molecule has 8 nitrogen and oxygen atoms in total. The van der Waals surface area contributed by atoms with Gasteiger partial charge in [0, 0.05) is 0 Å². The highest BCUT2D eigenvalue weighted by molar-refractivity contribution is 6.32. The Labute approximate surface area is 144 Å². The monoisotopic (exact) mass is 374 g/mol. The Bertz CT molecular complexity index is 928. The van der Waals surface area contributed by atoms with Crippen LogP contribution >= 0.6 is 11.6 Å². The fraction of sp³-hybridized carbons (Fsp3) is 0.214. The van der Waals surface area contributed by atoms with E-state index in [0.29, 0.717) is 0 Å². The van der Waals surface area contributed by atoms with Crippen molar-refractivity contribution in [3.05, 3.63) is 55.3 Å². The standard InChI is InChI=1S/C14H13ClF2N4O4/c1-5(4-25-11-7(17)3-2-6(16)8(11)15)19-13(23)10-9(18)12(22)21-14(24)20-10/h2-3,5H,4,18H2,1H3,(H,19,23)(H2,20,21,22,24). The molecule has 1 atom stereocenters. The minimum Gasteiger partial charge on any atom is -0.487 e. The van der Waals surface area contributed by atoms with Crippen LogP contribution in [0, 0.1) is 11.6 Å². The summed E-state index contributed by atoms with van der Waals surface area (Å²) in [7, 11) is 0. The quantitative estimate of drug-likeness (QED) is 0.574. The summed E-state index contributed by atoms with van der Waals surface area (Å²) in [5.41, 5.74) is 2.73. The first-order valence-electron chi connectivity index (χ1n) is 6.90. The Morgan fingerprint density at radius 3 is 2.64 bits per heavy atom. The molecule has 0 saturated heterocycles. The summed E-state index contributed by atoms with van der Waals surface area (Å²) in [6.07, 6.45) is 0. The number of benzene rings is 1. The summed E-state index contributed by atoms with van der Waals surface area (Å²) in [5.74, 6) is -3.06. The second-order valence-electron chi connectivity index (χ2n) is 5.05. The highest BCUT2D eigenvalue weighted by atomic mass is 35.5. The lowest BCUT2D eigenvalue weighted by Gasteiger charge is -2.16. The number of anilines is 1. The molecule has 0 aliphatic carbocycles. The van der Waals surface area contributed by atoms with Gasteiger partial charge >= 0.3 is 5.69 Å². The van der Waals surface area contributed by atoms with E-state index in [4.69, 9.17) is 22.1 Å². The van der Waals surface area contributed by atoms with Crippen LogP contribution in [0.25, 0.3) is 0 Å². The van der Waals surface area contributed by atoms with Crippen molar-refractivity contribution in [3.8, 4) is 5.75 Å². The van der Waals surface area contributed by atoms with Gasteiger partial charge in [-0.15, -0.1) is 0 Å². The highest BCUT2D eigenvalue weighted by Gasteiger charge is 2.18. The van der Waals surface area contributed by atoms with Gasteiger partial charge in [0.2, 0.25) is 0 Å². The molecule has 1 aromatic carbocycles. The van der Waals surface area contributed by atoms with E-state index in [1.54, 1.807) is 0 Å². The maximum absolute atomic E-state index is 13.6. The van der Waals surface area contributed by atoms with Crippen LogP contribution in [0.3, 0.4) is 0 Å². The molecule has 2 aromatic rings. The van der Waals surface area contributed by atoms with E-state index in [2.05, 4.69) is 10.3 Å². The molecule has 1 aromatic heterocycles. The van der Waals surface area contributed by atoms with E-state index in [-0.39, 0.29) is 6.61 Å². The fourth-order valence-corrected chi connectivity index (χ4v) is 2.07. The molecule has 11 heteroatoms. The summed E-state index contributed by atoms with van der Waals surface area (Å²) < 4.78 is 32.0.